The molecule has 0 unspecified atom stereocenters. The molecule has 0 saturated heterocycles. The van der Waals surface area contributed by atoms with E-state index in [1.165, 1.54) is 11.8 Å². The zero-order chi connectivity index (χ0) is 12.7. The molecule has 0 bridgehead atoms. The van der Waals surface area contributed by atoms with Crippen LogP contribution in [0.3, 0.4) is 0 Å². The van der Waals surface area contributed by atoms with Crippen molar-refractivity contribution in [3.63, 3.8) is 0 Å². The van der Waals surface area contributed by atoms with Crippen molar-refractivity contribution in [3.8, 4) is 0 Å². The van der Waals surface area contributed by atoms with E-state index in [1.807, 2.05) is 6.26 Å². The Kier molecular flexibility index (Phi) is 5.82. The molecule has 5 heteroatoms. The molecule has 1 saturated carbocycles. The average molecular weight is 259 g/mol. The van der Waals surface area contributed by atoms with Crippen molar-refractivity contribution < 1.29 is 14.7 Å². The summed E-state index contributed by atoms with van der Waals surface area (Å²) in [6, 6.07) is 0. The number of carboxylic acid groups (broad SMARTS) is 1. The zero-order valence-corrected chi connectivity index (χ0v) is 11.1. The van der Waals surface area contributed by atoms with Crippen molar-refractivity contribution in [1.29, 1.82) is 0 Å². The summed E-state index contributed by atoms with van der Waals surface area (Å²) in [7, 11) is 0. The Morgan fingerprint density at radius 2 is 1.82 bits per heavy atom. The van der Waals surface area contributed by atoms with Crippen LogP contribution in [-0.2, 0) is 9.59 Å². The van der Waals surface area contributed by atoms with Crippen LogP contribution in [0.25, 0.3) is 0 Å². The van der Waals surface area contributed by atoms with Crippen LogP contribution in [0.15, 0.2) is 0 Å². The Labute approximate surface area is 107 Å². The highest BCUT2D eigenvalue weighted by Crippen LogP contribution is 2.34. The maximum Gasteiger partial charge on any atom is 0.311 e. The number of thioether (sulfide) groups is 1. The van der Waals surface area contributed by atoms with E-state index in [-0.39, 0.29) is 12.5 Å². The normalized spacial score (nSPS) is 19.4. The number of rotatable bonds is 5. The summed E-state index contributed by atoms with van der Waals surface area (Å²) in [5, 5.41) is 12.2. The highest BCUT2D eigenvalue weighted by Gasteiger charge is 2.38. The topological polar surface area (TPSA) is 66.4 Å². The fraction of sp³-hybridized carbons (Fsp3) is 0.833. The third kappa shape index (κ3) is 4.22. The summed E-state index contributed by atoms with van der Waals surface area (Å²) in [6.45, 7) is 0.279. The SMILES string of the molecule is CSCC(=O)NCC1(C(=O)O)CCCCCC1. The van der Waals surface area contributed by atoms with Gasteiger partial charge in [0.05, 0.1) is 11.2 Å². The van der Waals surface area contributed by atoms with Gasteiger partial charge in [0.1, 0.15) is 0 Å². The fourth-order valence-corrected chi connectivity index (χ4v) is 2.69. The van der Waals surface area contributed by atoms with Crippen LogP contribution in [0.4, 0.5) is 0 Å². The molecule has 0 aromatic rings. The molecule has 1 aliphatic carbocycles. The molecule has 0 spiro atoms. The van der Waals surface area contributed by atoms with Gasteiger partial charge < -0.3 is 10.4 Å². The summed E-state index contributed by atoms with van der Waals surface area (Å²) in [6.07, 6.45) is 7.33. The molecule has 98 valence electrons. The van der Waals surface area contributed by atoms with Crippen LogP contribution in [-0.4, -0.2) is 35.5 Å². The van der Waals surface area contributed by atoms with E-state index >= 15 is 0 Å². The van der Waals surface area contributed by atoms with Crippen molar-refractivity contribution in [2.75, 3.05) is 18.6 Å². The average Bonchev–Trinajstić information content (AvgIpc) is 2.53. The van der Waals surface area contributed by atoms with Gasteiger partial charge in [0, 0.05) is 6.54 Å². The lowest BCUT2D eigenvalue weighted by atomic mass is 9.80. The number of amides is 1. The summed E-state index contributed by atoms with van der Waals surface area (Å²) in [5.41, 5.74) is -0.732. The van der Waals surface area contributed by atoms with Crippen LogP contribution in [0.1, 0.15) is 38.5 Å². The number of carboxylic acids is 1. The molecule has 1 aliphatic rings. The van der Waals surface area contributed by atoms with Gasteiger partial charge in [-0.2, -0.15) is 11.8 Å². The fourth-order valence-electron chi connectivity index (χ4n) is 2.32. The summed E-state index contributed by atoms with van der Waals surface area (Å²) >= 11 is 1.45. The summed E-state index contributed by atoms with van der Waals surface area (Å²) in [4.78, 5) is 22.9. The molecule has 0 aliphatic heterocycles. The van der Waals surface area contributed by atoms with Gasteiger partial charge in [-0.15, -0.1) is 0 Å². The van der Waals surface area contributed by atoms with E-state index < -0.39 is 11.4 Å². The van der Waals surface area contributed by atoms with Crippen molar-refractivity contribution in [2.24, 2.45) is 5.41 Å². The van der Waals surface area contributed by atoms with Gasteiger partial charge in [-0.05, 0) is 19.1 Å². The van der Waals surface area contributed by atoms with Crippen LogP contribution in [0, 0.1) is 5.41 Å². The maximum absolute atomic E-state index is 11.4. The largest absolute Gasteiger partial charge is 0.481 e. The maximum atomic E-state index is 11.4. The minimum absolute atomic E-state index is 0.0672. The molecular weight excluding hydrogens is 238 g/mol. The van der Waals surface area contributed by atoms with Crippen molar-refractivity contribution in [3.05, 3.63) is 0 Å². The number of aliphatic carboxylic acids is 1. The first-order valence-corrected chi connectivity index (χ1v) is 7.49. The van der Waals surface area contributed by atoms with E-state index in [9.17, 15) is 14.7 Å². The third-order valence-electron chi connectivity index (χ3n) is 3.41. The Morgan fingerprint density at radius 3 is 2.29 bits per heavy atom. The van der Waals surface area contributed by atoms with E-state index in [0.29, 0.717) is 18.6 Å². The van der Waals surface area contributed by atoms with Crippen LogP contribution >= 0.6 is 11.8 Å². The van der Waals surface area contributed by atoms with E-state index in [2.05, 4.69) is 5.32 Å². The molecule has 1 amide bonds. The van der Waals surface area contributed by atoms with E-state index in [4.69, 9.17) is 0 Å². The first-order chi connectivity index (χ1) is 8.10. The molecule has 2 N–H and O–H groups in total. The molecule has 0 radical (unpaired) electrons. The first kappa shape index (κ1) is 14.4. The molecule has 17 heavy (non-hydrogen) atoms. The monoisotopic (exact) mass is 259 g/mol. The van der Waals surface area contributed by atoms with Gasteiger partial charge >= 0.3 is 5.97 Å². The van der Waals surface area contributed by atoms with Crippen molar-refractivity contribution in [1.82, 2.24) is 5.32 Å². The molecule has 0 aromatic carbocycles. The van der Waals surface area contributed by atoms with E-state index in [1.54, 1.807) is 0 Å². The Hall–Kier alpha value is -0.710. The molecule has 0 atom stereocenters. The van der Waals surface area contributed by atoms with Crippen LogP contribution in [0.2, 0.25) is 0 Å². The Morgan fingerprint density at radius 1 is 1.24 bits per heavy atom. The second-order valence-electron chi connectivity index (χ2n) is 4.71. The second-order valence-corrected chi connectivity index (χ2v) is 5.58. The van der Waals surface area contributed by atoms with Crippen LogP contribution in [0.5, 0.6) is 0 Å². The zero-order valence-electron chi connectivity index (χ0n) is 10.3. The highest BCUT2D eigenvalue weighted by molar-refractivity contribution is 7.99. The lowest BCUT2D eigenvalue weighted by Gasteiger charge is -2.28. The van der Waals surface area contributed by atoms with Crippen molar-refractivity contribution >= 4 is 23.6 Å². The predicted octanol–water partition coefficient (Wildman–Crippen LogP) is 1.89. The number of hydrogen-bond acceptors (Lipinski definition) is 3. The summed E-state index contributed by atoms with van der Waals surface area (Å²) < 4.78 is 0. The number of carbonyl (C=O) groups excluding carboxylic acids is 1. The van der Waals surface area contributed by atoms with Crippen LogP contribution < -0.4 is 5.32 Å². The smallest absolute Gasteiger partial charge is 0.311 e. The standard InChI is InChI=1S/C12H21NO3S/c1-17-8-10(14)13-9-12(11(15)16)6-4-2-3-5-7-12/h2-9H2,1H3,(H,13,14)(H,15,16). The minimum atomic E-state index is -0.760. The lowest BCUT2D eigenvalue weighted by Crippen LogP contribution is -2.43. The number of carbonyl (C=O) groups is 2. The van der Waals surface area contributed by atoms with Gasteiger partial charge in [-0.25, -0.2) is 0 Å². The first-order valence-electron chi connectivity index (χ1n) is 6.10. The van der Waals surface area contributed by atoms with Gasteiger partial charge in [0.15, 0.2) is 0 Å². The predicted molar refractivity (Wildman–Crippen MR) is 69.2 cm³/mol. The quantitative estimate of drug-likeness (QED) is 0.740. The molecule has 1 rings (SSSR count). The number of hydrogen-bond donors (Lipinski definition) is 2. The summed E-state index contributed by atoms with van der Waals surface area (Å²) in [5.74, 6) is -0.429. The van der Waals surface area contributed by atoms with E-state index in [0.717, 1.165) is 25.7 Å². The van der Waals surface area contributed by atoms with Gasteiger partial charge in [-0.1, -0.05) is 25.7 Å². The highest BCUT2D eigenvalue weighted by atomic mass is 32.2. The molecule has 4 nitrogen and oxygen atoms in total. The minimum Gasteiger partial charge on any atom is -0.481 e. The van der Waals surface area contributed by atoms with Gasteiger partial charge in [0.2, 0.25) is 5.91 Å². The second kappa shape index (κ2) is 6.89. The third-order valence-corrected chi connectivity index (χ3v) is 3.96. The number of nitrogens with one attached hydrogen (secondary N) is 1. The Bertz CT molecular complexity index is 273. The molecule has 1 fully saturated rings. The Balaban J connectivity index is 2.58. The lowest BCUT2D eigenvalue weighted by molar-refractivity contribution is -0.149. The van der Waals surface area contributed by atoms with Gasteiger partial charge in [0.25, 0.3) is 0 Å². The molecular formula is C12H21NO3S. The molecule has 0 heterocycles. The van der Waals surface area contributed by atoms with Gasteiger partial charge in [-0.3, -0.25) is 9.59 Å². The molecule has 0 aromatic heterocycles. The van der Waals surface area contributed by atoms with Crippen molar-refractivity contribution in [2.45, 2.75) is 38.5 Å².